The summed E-state index contributed by atoms with van der Waals surface area (Å²) in [5.74, 6) is 0.492. The number of fused-ring (bicyclic) bond motifs is 1. The summed E-state index contributed by atoms with van der Waals surface area (Å²) in [6, 6.07) is 15.0. The van der Waals surface area contributed by atoms with E-state index < -0.39 is 0 Å². The summed E-state index contributed by atoms with van der Waals surface area (Å²) in [7, 11) is 0. The maximum Gasteiger partial charge on any atom is 0.0646 e. The van der Waals surface area contributed by atoms with Crippen LogP contribution in [0, 0.1) is 0 Å². The van der Waals surface area contributed by atoms with Gasteiger partial charge in [0.1, 0.15) is 0 Å². The molecule has 0 N–H and O–H groups in total. The number of hydrogen-bond donors (Lipinski definition) is 0. The summed E-state index contributed by atoms with van der Waals surface area (Å²) in [5.41, 5.74) is 4.76. The lowest BCUT2D eigenvalue weighted by Gasteiger charge is -2.26. The fourth-order valence-corrected chi connectivity index (χ4v) is 3.22. The third-order valence-electron chi connectivity index (χ3n) is 3.63. The number of halogens is 2. The molecule has 0 spiro atoms. The minimum atomic E-state index is 0.428. The number of nitrogens with zero attached hydrogens (tertiary/aromatic N) is 1. The van der Waals surface area contributed by atoms with E-state index in [4.69, 9.17) is 23.2 Å². The Hall–Kier alpha value is -1.18. The molecule has 0 bridgehead atoms. The van der Waals surface area contributed by atoms with Gasteiger partial charge in [-0.25, -0.2) is 0 Å². The first-order valence-electron chi connectivity index (χ1n) is 6.42. The second-order valence-electron chi connectivity index (χ2n) is 4.97. The molecule has 19 heavy (non-hydrogen) atoms. The zero-order chi connectivity index (χ0) is 13.4. The summed E-state index contributed by atoms with van der Waals surface area (Å²) >= 11 is 12.3. The van der Waals surface area contributed by atoms with Gasteiger partial charge in [-0.3, -0.25) is 0 Å². The van der Waals surface area contributed by atoms with Gasteiger partial charge < -0.3 is 4.90 Å². The molecule has 1 nitrogen and oxygen atoms in total. The molecular weight excluding hydrogens is 277 g/mol. The Labute approximate surface area is 123 Å². The van der Waals surface area contributed by atoms with E-state index in [2.05, 4.69) is 42.2 Å². The van der Waals surface area contributed by atoms with Crippen LogP contribution in [0.3, 0.4) is 0 Å². The molecule has 1 heterocycles. The van der Waals surface area contributed by atoms with Crippen molar-refractivity contribution in [2.45, 2.75) is 25.3 Å². The lowest BCUT2D eigenvalue weighted by atomic mass is 10.1. The molecule has 2 aromatic carbocycles. The van der Waals surface area contributed by atoms with Gasteiger partial charge in [0.15, 0.2) is 0 Å². The SMILES string of the molecule is CC1Cc2ccccc2N1c1ccc(CCl)cc1Cl. The molecule has 0 saturated heterocycles. The smallest absolute Gasteiger partial charge is 0.0646 e. The van der Waals surface area contributed by atoms with E-state index in [0.717, 1.165) is 22.7 Å². The van der Waals surface area contributed by atoms with Crippen molar-refractivity contribution in [2.75, 3.05) is 4.90 Å². The first-order valence-corrected chi connectivity index (χ1v) is 7.33. The standard InChI is InChI=1S/C16H15Cl2N/c1-11-8-13-4-2-3-5-15(13)19(11)16-7-6-12(10-17)9-14(16)18/h2-7,9,11H,8,10H2,1H3. The molecule has 2 aromatic rings. The van der Waals surface area contributed by atoms with Crippen LogP contribution in [-0.4, -0.2) is 6.04 Å². The maximum absolute atomic E-state index is 6.42. The Morgan fingerprint density at radius 1 is 1.16 bits per heavy atom. The summed E-state index contributed by atoms with van der Waals surface area (Å²) in [6.45, 7) is 2.23. The van der Waals surface area contributed by atoms with Crippen LogP contribution in [0.15, 0.2) is 42.5 Å². The lowest BCUT2D eigenvalue weighted by Crippen LogP contribution is -2.24. The fourth-order valence-electron chi connectivity index (χ4n) is 2.76. The third-order valence-corrected chi connectivity index (χ3v) is 4.24. The highest BCUT2D eigenvalue weighted by atomic mass is 35.5. The van der Waals surface area contributed by atoms with Gasteiger partial charge in [0.05, 0.1) is 10.7 Å². The molecule has 1 aliphatic rings. The Balaban J connectivity index is 2.07. The van der Waals surface area contributed by atoms with Crippen molar-refractivity contribution >= 4 is 34.6 Å². The van der Waals surface area contributed by atoms with Gasteiger partial charge in [0.25, 0.3) is 0 Å². The quantitative estimate of drug-likeness (QED) is 0.691. The molecule has 3 rings (SSSR count). The maximum atomic E-state index is 6.42. The Morgan fingerprint density at radius 3 is 2.68 bits per heavy atom. The molecule has 0 aromatic heterocycles. The van der Waals surface area contributed by atoms with Crippen LogP contribution < -0.4 is 4.90 Å². The molecule has 0 saturated carbocycles. The molecule has 0 radical (unpaired) electrons. The lowest BCUT2D eigenvalue weighted by molar-refractivity contribution is 0.759. The molecule has 1 atom stereocenters. The predicted octanol–water partition coefficient (Wildman–Crippen LogP) is 5.16. The number of rotatable bonds is 2. The van der Waals surface area contributed by atoms with Crippen LogP contribution >= 0.6 is 23.2 Å². The highest BCUT2D eigenvalue weighted by Gasteiger charge is 2.27. The van der Waals surface area contributed by atoms with Gasteiger partial charge in [0.2, 0.25) is 0 Å². The van der Waals surface area contributed by atoms with E-state index in [1.54, 1.807) is 0 Å². The van der Waals surface area contributed by atoms with Gasteiger partial charge in [-0.1, -0.05) is 35.9 Å². The number of para-hydroxylation sites is 1. The summed E-state index contributed by atoms with van der Waals surface area (Å²) in [4.78, 5) is 2.32. The molecule has 0 aliphatic carbocycles. The molecular formula is C16H15Cl2N. The van der Waals surface area contributed by atoms with Crippen molar-refractivity contribution in [3.63, 3.8) is 0 Å². The second-order valence-corrected chi connectivity index (χ2v) is 5.65. The highest BCUT2D eigenvalue weighted by Crippen LogP contribution is 2.41. The first kappa shape index (κ1) is 12.8. The molecule has 98 valence electrons. The molecule has 3 heteroatoms. The molecule has 0 amide bonds. The molecule has 1 unspecified atom stereocenters. The Bertz CT molecular complexity index is 609. The van der Waals surface area contributed by atoms with E-state index >= 15 is 0 Å². The van der Waals surface area contributed by atoms with Crippen molar-refractivity contribution in [1.82, 2.24) is 0 Å². The van der Waals surface area contributed by atoms with Gasteiger partial charge in [0, 0.05) is 17.6 Å². The zero-order valence-corrected chi connectivity index (χ0v) is 12.2. The van der Waals surface area contributed by atoms with Crippen LogP contribution in [0.4, 0.5) is 11.4 Å². The number of anilines is 2. The van der Waals surface area contributed by atoms with Crippen LogP contribution in [0.2, 0.25) is 5.02 Å². The van der Waals surface area contributed by atoms with Crippen molar-refractivity contribution in [3.8, 4) is 0 Å². The summed E-state index contributed by atoms with van der Waals surface area (Å²) in [5, 5.41) is 0.765. The second kappa shape index (κ2) is 5.07. The normalized spacial score (nSPS) is 17.6. The van der Waals surface area contributed by atoms with Crippen LogP contribution in [0.25, 0.3) is 0 Å². The van der Waals surface area contributed by atoms with E-state index in [1.807, 2.05) is 12.1 Å². The first-order chi connectivity index (χ1) is 9.20. The molecule has 1 aliphatic heterocycles. The van der Waals surface area contributed by atoms with Crippen molar-refractivity contribution in [3.05, 3.63) is 58.6 Å². The summed E-state index contributed by atoms with van der Waals surface area (Å²) in [6.07, 6.45) is 1.06. The van der Waals surface area contributed by atoms with Gasteiger partial charge in [-0.2, -0.15) is 0 Å². The zero-order valence-electron chi connectivity index (χ0n) is 10.7. The molecule has 0 fully saturated rings. The van der Waals surface area contributed by atoms with Crippen molar-refractivity contribution in [2.24, 2.45) is 0 Å². The van der Waals surface area contributed by atoms with E-state index in [0.29, 0.717) is 11.9 Å². The van der Waals surface area contributed by atoms with Gasteiger partial charge in [-0.05, 0) is 42.7 Å². The van der Waals surface area contributed by atoms with E-state index in [9.17, 15) is 0 Å². The number of alkyl halides is 1. The van der Waals surface area contributed by atoms with Gasteiger partial charge in [-0.15, -0.1) is 11.6 Å². The fraction of sp³-hybridized carbons (Fsp3) is 0.250. The van der Waals surface area contributed by atoms with E-state index in [1.165, 1.54) is 11.3 Å². The number of benzene rings is 2. The minimum absolute atomic E-state index is 0.428. The van der Waals surface area contributed by atoms with Gasteiger partial charge >= 0.3 is 0 Å². The third kappa shape index (κ3) is 2.22. The topological polar surface area (TPSA) is 3.24 Å². The van der Waals surface area contributed by atoms with Crippen molar-refractivity contribution < 1.29 is 0 Å². The highest BCUT2D eigenvalue weighted by molar-refractivity contribution is 6.33. The van der Waals surface area contributed by atoms with Crippen LogP contribution in [0.5, 0.6) is 0 Å². The average molecular weight is 292 g/mol. The summed E-state index contributed by atoms with van der Waals surface area (Å²) < 4.78 is 0. The Morgan fingerprint density at radius 2 is 1.95 bits per heavy atom. The average Bonchev–Trinajstić information content (AvgIpc) is 2.75. The van der Waals surface area contributed by atoms with Crippen molar-refractivity contribution in [1.29, 1.82) is 0 Å². The Kier molecular flexibility index (Phi) is 3.42. The monoisotopic (exact) mass is 291 g/mol. The minimum Gasteiger partial charge on any atom is -0.337 e. The largest absolute Gasteiger partial charge is 0.337 e. The number of hydrogen-bond acceptors (Lipinski definition) is 1. The van der Waals surface area contributed by atoms with Crippen LogP contribution in [0.1, 0.15) is 18.1 Å². The predicted molar refractivity (Wildman–Crippen MR) is 82.8 cm³/mol. The van der Waals surface area contributed by atoms with E-state index in [-0.39, 0.29) is 0 Å². The van der Waals surface area contributed by atoms with Crippen LogP contribution in [-0.2, 0) is 12.3 Å².